The summed E-state index contributed by atoms with van der Waals surface area (Å²) in [5.41, 5.74) is 3.18. The molecule has 0 N–H and O–H groups in total. The van der Waals surface area contributed by atoms with Crippen LogP contribution in [0.4, 0.5) is 0 Å². The van der Waals surface area contributed by atoms with Gasteiger partial charge in [0, 0.05) is 6.20 Å². The SMILES string of the molecule is CC(C)(C)c1ccc(OC[C@@H]2Cn3c(nc4cccnc43)O2)cc1. The highest BCUT2D eigenvalue weighted by atomic mass is 16.6. The Morgan fingerprint density at radius 2 is 2.00 bits per heavy atom. The van der Waals surface area contributed by atoms with E-state index in [1.807, 2.05) is 28.8 Å². The van der Waals surface area contributed by atoms with Crippen LogP contribution in [0.15, 0.2) is 42.6 Å². The average Bonchev–Trinajstić information content (AvgIpc) is 3.10. The first-order valence-electron chi connectivity index (χ1n) is 8.22. The number of fused-ring (bicyclic) bond motifs is 3. The van der Waals surface area contributed by atoms with Crippen LogP contribution >= 0.6 is 0 Å². The van der Waals surface area contributed by atoms with E-state index >= 15 is 0 Å². The smallest absolute Gasteiger partial charge is 0.299 e. The van der Waals surface area contributed by atoms with Gasteiger partial charge in [0.25, 0.3) is 6.01 Å². The van der Waals surface area contributed by atoms with Gasteiger partial charge in [0.1, 0.15) is 17.9 Å². The van der Waals surface area contributed by atoms with E-state index < -0.39 is 0 Å². The number of nitrogens with zero attached hydrogens (tertiary/aromatic N) is 3. The maximum atomic E-state index is 5.88. The predicted molar refractivity (Wildman–Crippen MR) is 92.6 cm³/mol. The summed E-state index contributed by atoms with van der Waals surface area (Å²) >= 11 is 0. The number of imidazole rings is 1. The van der Waals surface area contributed by atoms with Gasteiger partial charge in [0.05, 0.1) is 6.54 Å². The number of aromatic nitrogens is 3. The molecule has 1 aliphatic rings. The summed E-state index contributed by atoms with van der Waals surface area (Å²) in [6.45, 7) is 7.81. The molecule has 3 heterocycles. The van der Waals surface area contributed by atoms with Gasteiger partial charge >= 0.3 is 0 Å². The number of benzene rings is 1. The molecule has 0 fully saturated rings. The van der Waals surface area contributed by atoms with Crippen molar-refractivity contribution in [1.82, 2.24) is 14.5 Å². The van der Waals surface area contributed by atoms with Gasteiger partial charge in [-0.15, -0.1) is 0 Å². The first-order chi connectivity index (χ1) is 11.5. The van der Waals surface area contributed by atoms with Crippen LogP contribution in [0.3, 0.4) is 0 Å². The highest BCUT2D eigenvalue weighted by Gasteiger charge is 2.27. The fraction of sp³-hybridized carbons (Fsp3) is 0.368. The fourth-order valence-electron chi connectivity index (χ4n) is 2.91. The van der Waals surface area contributed by atoms with E-state index in [-0.39, 0.29) is 11.5 Å². The van der Waals surface area contributed by atoms with Gasteiger partial charge in [0.2, 0.25) is 0 Å². The zero-order valence-corrected chi connectivity index (χ0v) is 14.2. The van der Waals surface area contributed by atoms with Crippen LogP contribution in [-0.4, -0.2) is 27.2 Å². The monoisotopic (exact) mass is 323 g/mol. The molecule has 1 atom stereocenters. The Bertz CT molecular complexity index is 862. The Kier molecular flexibility index (Phi) is 3.44. The molecule has 0 bridgehead atoms. The number of rotatable bonds is 3. The van der Waals surface area contributed by atoms with Gasteiger partial charge in [-0.25, -0.2) is 4.98 Å². The Balaban J connectivity index is 1.40. The van der Waals surface area contributed by atoms with Gasteiger partial charge in [-0.05, 0) is 35.2 Å². The molecule has 0 radical (unpaired) electrons. The quantitative estimate of drug-likeness (QED) is 0.739. The minimum absolute atomic E-state index is 0.0406. The summed E-state index contributed by atoms with van der Waals surface area (Å²) in [4.78, 5) is 8.84. The highest BCUT2D eigenvalue weighted by molar-refractivity contribution is 5.72. The molecule has 0 aliphatic carbocycles. The van der Waals surface area contributed by atoms with Crippen molar-refractivity contribution in [2.75, 3.05) is 6.61 Å². The van der Waals surface area contributed by atoms with Gasteiger partial charge in [-0.3, -0.25) is 4.57 Å². The largest absolute Gasteiger partial charge is 0.490 e. The van der Waals surface area contributed by atoms with Gasteiger partial charge < -0.3 is 9.47 Å². The van der Waals surface area contributed by atoms with Crippen LogP contribution < -0.4 is 9.47 Å². The lowest BCUT2D eigenvalue weighted by Crippen LogP contribution is -2.23. The van der Waals surface area contributed by atoms with Crippen molar-refractivity contribution in [2.24, 2.45) is 0 Å². The minimum atomic E-state index is -0.0406. The Hall–Kier alpha value is -2.56. The van der Waals surface area contributed by atoms with Crippen molar-refractivity contribution < 1.29 is 9.47 Å². The highest BCUT2D eigenvalue weighted by Crippen LogP contribution is 2.27. The second kappa shape index (κ2) is 5.51. The third-order valence-corrected chi connectivity index (χ3v) is 4.28. The Morgan fingerprint density at radius 3 is 2.75 bits per heavy atom. The number of hydrogen-bond donors (Lipinski definition) is 0. The normalized spacial score (nSPS) is 16.9. The van der Waals surface area contributed by atoms with Gasteiger partial charge in [-0.2, -0.15) is 4.98 Å². The lowest BCUT2D eigenvalue weighted by molar-refractivity contribution is 0.144. The molecule has 124 valence electrons. The number of ether oxygens (including phenoxy) is 2. The van der Waals surface area contributed by atoms with E-state index in [2.05, 4.69) is 42.9 Å². The van der Waals surface area contributed by atoms with Crippen molar-refractivity contribution in [2.45, 2.75) is 38.8 Å². The van der Waals surface area contributed by atoms with Crippen LogP contribution in [0.2, 0.25) is 0 Å². The summed E-state index contributed by atoms with van der Waals surface area (Å²) in [5.74, 6) is 0.860. The molecule has 5 heteroatoms. The van der Waals surface area contributed by atoms with E-state index in [0.717, 1.165) is 16.9 Å². The fourth-order valence-corrected chi connectivity index (χ4v) is 2.91. The van der Waals surface area contributed by atoms with Crippen LogP contribution in [-0.2, 0) is 12.0 Å². The third-order valence-electron chi connectivity index (χ3n) is 4.28. The van der Waals surface area contributed by atoms with Crippen molar-refractivity contribution in [3.63, 3.8) is 0 Å². The molecule has 3 aromatic rings. The molecule has 4 rings (SSSR count). The van der Waals surface area contributed by atoms with E-state index in [9.17, 15) is 0 Å². The first-order valence-corrected chi connectivity index (χ1v) is 8.22. The Labute approximate surface area is 141 Å². The summed E-state index contributed by atoms with van der Waals surface area (Å²) in [5, 5.41) is 0. The molecule has 0 amide bonds. The molecular weight excluding hydrogens is 302 g/mol. The molecule has 5 nitrogen and oxygen atoms in total. The van der Waals surface area contributed by atoms with E-state index in [1.54, 1.807) is 6.20 Å². The van der Waals surface area contributed by atoms with Crippen molar-refractivity contribution >= 4 is 11.2 Å². The molecule has 2 aromatic heterocycles. The number of hydrogen-bond acceptors (Lipinski definition) is 4. The summed E-state index contributed by atoms with van der Waals surface area (Å²) in [6, 6.07) is 12.7. The molecule has 1 aliphatic heterocycles. The van der Waals surface area contributed by atoms with E-state index in [4.69, 9.17) is 9.47 Å². The summed E-state index contributed by atoms with van der Waals surface area (Å²) in [6.07, 6.45) is 1.74. The maximum absolute atomic E-state index is 5.88. The molecule has 24 heavy (non-hydrogen) atoms. The second-order valence-corrected chi connectivity index (χ2v) is 7.18. The zero-order chi connectivity index (χ0) is 16.7. The molecule has 0 saturated heterocycles. The lowest BCUT2D eigenvalue weighted by atomic mass is 9.87. The molecule has 1 aromatic carbocycles. The van der Waals surface area contributed by atoms with Crippen LogP contribution in [0.5, 0.6) is 11.8 Å². The molecule has 0 spiro atoms. The van der Waals surface area contributed by atoms with Crippen molar-refractivity contribution in [3.8, 4) is 11.8 Å². The summed E-state index contributed by atoms with van der Waals surface area (Å²) < 4.78 is 13.8. The van der Waals surface area contributed by atoms with Crippen molar-refractivity contribution in [3.05, 3.63) is 48.2 Å². The lowest BCUT2D eigenvalue weighted by Gasteiger charge is -2.19. The topological polar surface area (TPSA) is 49.2 Å². The van der Waals surface area contributed by atoms with Crippen LogP contribution in [0, 0.1) is 0 Å². The molecule has 0 unspecified atom stereocenters. The van der Waals surface area contributed by atoms with Crippen molar-refractivity contribution in [1.29, 1.82) is 0 Å². The average molecular weight is 323 g/mol. The maximum Gasteiger partial charge on any atom is 0.299 e. The minimum Gasteiger partial charge on any atom is -0.490 e. The van der Waals surface area contributed by atoms with E-state index in [1.165, 1.54) is 5.56 Å². The first kappa shape index (κ1) is 15.0. The van der Waals surface area contributed by atoms with Gasteiger partial charge in [-0.1, -0.05) is 32.9 Å². The number of pyridine rings is 1. The van der Waals surface area contributed by atoms with E-state index in [0.29, 0.717) is 19.2 Å². The summed E-state index contributed by atoms with van der Waals surface area (Å²) in [7, 11) is 0. The van der Waals surface area contributed by atoms with Crippen LogP contribution in [0.25, 0.3) is 11.2 Å². The predicted octanol–water partition coefficient (Wildman–Crippen LogP) is 3.57. The zero-order valence-electron chi connectivity index (χ0n) is 14.2. The Morgan fingerprint density at radius 1 is 1.21 bits per heavy atom. The third kappa shape index (κ3) is 2.70. The van der Waals surface area contributed by atoms with Gasteiger partial charge in [0.15, 0.2) is 11.8 Å². The van der Waals surface area contributed by atoms with Crippen LogP contribution in [0.1, 0.15) is 26.3 Å². The second-order valence-electron chi connectivity index (χ2n) is 7.18. The molecule has 0 saturated carbocycles. The molecular formula is C19H21N3O2. The standard InChI is InChI=1S/C19H21N3O2/c1-19(2,3)13-6-8-14(9-7-13)23-12-15-11-22-17-16(5-4-10-20-17)21-18(22)24-15/h4-10,15H,11-12H2,1-3H3/t15-/m0/s1.